The van der Waals surface area contributed by atoms with E-state index in [0.717, 1.165) is 0 Å². The fourth-order valence-corrected chi connectivity index (χ4v) is 2.81. The molecule has 0 aromatic heterocycles. The van der Waals surface area contributed by atoms with E-state index in [0.29, 0.717) is 0 Å². The Bertz CT molecular complexity index is 638. The first kappa shape index (κ1) is 17.5. The Morgan fingerprint density at radius 3 is 2.57 bits per heavy atom. The van der Waals surface area contributed by atoms with Crippen LogP contribution < -0.4 is 0 Å². The van der Waals surface area contributed by atoms with Crippen molar-refractivity contribution in [3.8, 4) is 0 Å². The molecule has 0 unspecified atom stereocenters. The summed E-state index contributed by atoms with van der Waals surface area (Å²) in [6.45, 7) is -0.866. The van der Waals surface area contributed by atoms with Gasteiger partial charge in [-0.25, -0.2) is 0 Å². The number of benzene rings is 1. The lowest BCUT2D eigenvalue weighted by atomic mass is 9.96. The number of nitrogens with zero attached hydrogens (tertiary/aromatic N) is 2. The highest BCUT2D eigenvalue weighted by molar-refractivity contribution is 6.31. The molecular weight excluding hydrogens is 341 g/mol. The minimum atomic E-state index is -4.62. The molecule has 1 saturated heterocycles. The number of alkyl halides is 3. The molecule has 0 amide bonds. The number of nitro groups is 1. The summed E-state index contributed by atoms with van der Waals surface area (Å²) in [5, 5.41) is 19.9. The minimum absolute atomic E-state index is 0.0864. The SMILES string of the molecule is O=C(O)[C@@H]1CN(Cc2cc([N+](=O)[O-])ccc2Cl)C[C@H]1C(F)(F)F. The number of hydrogen-bond donors (Lipinski definition) is 1. The van der Waals surface area contributed by atoms with Crippen molar-refractivity contribution < 1.29 is 28.0 Å². The maximum absolute atomic E-state index is 12.9. The summed E-state index contributed by atoms with van der Waals surface area (Å²) in [5.41, 5.74) is 0.0542. The molecule has 23 heavy (non-hydrogen) atoms. The zero-order chi connectivity index (χ0) is 17.4. The van der Waals surface area contributed by atoms with Crippen LogP contribution in [0.15, 0.2) is 18.2 Å². The van der Waals surface area contributed by atoms with Crippen LogP contribution in [0.5, 0.6) is 0 Å². The average Bonchev–Trinajstić information content (AvgIpc) is 2.85. The predicted octanol–water partition coefficient (Wildman–Crippen LogP) is 2.94. The van der Waals surface area contributed by atoms with Gasteiger partial charge < -0.3 is 5.11 Å². The summed E-state index contributed by atoms with van der Waals surface area (Å²) in [4.78, 5) is 22.4. The van der Waals surface area contributed by atoms with Crippen LogP contribution in [0.25, 0.3) is 0 Å². The monoisotopic (exact) mass is 352 g/mol. The highest BCUT2D eigenvalue weighted by Crippen LogP contribution is 2.38. The largest absolute Gasteiger partial charge is 0.481 e. The number of halogens is 4. The van der Waals surface area contributed by atoms with Gasteiger partial charge in [0.25, 0.3) is 5.69 Å². The van der Waals surface area contributed by atoms with Gasteiger partial charge in [0.1, 0.15) is 0 Å². The van der Waals surface area contributed by atoms with E-state index in [1.165, 1.54) is 23.1 Å². The van der Waals surface area contributed by atoms with Crippen LogP contribution >= 0.6 is 11.6 Å². The summed E-state index contributed by atoms with van der Waals surface area (Å²) in [6.07, 6.45) is -4.62. The second-order valence-corrected chi connectivity index (χ2v) is 5.73. The minimum Gasteiger partial charge on any atom is -0.481 e. The van der Waals surface area contributed by atoms with Crippen LogP contribution in [0, 0.1) is 22.0 Å². The molecule has 0 radical (unpaired) electrons. The number of non-ortho nitro benzene ring substituents is 1. The van der Waals surface area contributed by atoms with Crippen molar-refractivity contribution in [2.75, 3.05) is 13.1 Å². The molecule has 1 aliphatic heterocycles. The number of carbonyl (C=O) groups is 1. The van der Waals surface area contributed by atoms with Gasteiger partial charge in [0.2, 0.25) is 0 Å². The smallest absolute Gasteiger partial charge is 0.393 e. The second kappa shape index (κ2) is 6.32. The summed E-state index contributed by atoms with van der Waals surface area (Å²) in [6, 6.07) is 3.66. The van der Waals surface area contributed by atoms with Crippen LogP contribution in [-0.2, 0) is 11.3 Å². The first-order valence-electron chi connectivity index (χ1n) is 6.54. The fourth-order valence-electron chi connectivity index (χ4n) is 2.63. The average molecular weight is 353 g/mol. The molecule has 1 aromatic rings. The topological polar surface area (TPSA) is 83.7 Å². The molecule has 0 aliphatic carbocycles. The molecule has 1 aliphatic rings. The van der Waals surface area contributed by atoms with Gasteiger partial charge in [-0.15, -0.1) is 0 Å². The summed E-state index contributed by atoms with van der Waals surface area (Å²) < 4.78 is 38.8. The Labute approximate surface area is 133 Å². The van der Waals surface area contributed by atoms with Gasteiger partial charge in [-0.2, -0.15) is 13.2 Å². The Morgan fingerprint density at radius 2 is 2.09 bits per heavy atom. The molecule has 126 valence electrons. The number of aliphatic carboxylic acids is 1. The second-order valence-electron chi connectivity index (χ2n) is 5.32. The highest BCUT2D eigenvalue weighted by atomic mass is 35.5. The third-order valence-corrected chi connectivity index (χ3v) is 4.14. The molecule has 0 spiro atoms. The Balaban J connectivity index is 2.20. The summed E-state index contributed by atoms with van der Waals surface area (Å²) in [5.74, 6) is -5.05. The van der Waals surface area contributed by atoms with Crippen molar-refractivity contribution in [3.63, 3.8) is 0 Å². The first-order valence-corrected chi connectivity index (χ1v) is 6.92. The summed E-state index contributed by atoms with van der Waals surface area (Å²) >= 11 is 5.92. The van der Waals surface area contributed by atoms with Gasteiger partial charge in [-0.05, 0) is 11.6 Å². The molecule has 1 fully saturated rings. The lowest BCUT2D eigenvalue weighted by Crippen LogP contribution is -2.33. The van der Waals surface area contributed by atoms with Gasteiger partial charge in [-0.1, -0.05) is 11.6 Å². The number of nitro benzene ring substituents is 1. The lowest BCUT2D eigenvalue weighted by Gasteiger charge is -2.18. The molecule has 1 N–H and O–H groups in total. The molecule has 0 bridgehead atoms. The van der Waals surface area contributed by atoms with Crippen molar-refractivity contribution in [1.82, 2.24) is 4.90 Å². The van der Waals surface area contributed by atoms with Crippen molar-refractivity contribution in [2.24, 2.45) is 11.8 Å². The lowest BCUT2D eigenvalue weighted by molar-refractivity contribution is -0.384. The fraction of sp³-hybridized carbons (Fsp3) is 0.462. The number of carboxylic acids is 1. The van der Waals surface area contributed by atoms with E-state index in [4.69, 9.17) is 16.7 Å². The highest BCUT2D eigenvalue weighted by Gasteiger charge is 2.52. The molecule has 2 rings (SSSR count). The Morgan fingerprint density at radius 1 is 1.43 bits per heavy atom. The normalized spacial score (nSPS) is 22.3. The zero-order valence-electron chi connectivity index (χ0n) is 11.6. The van der Waals surface area contributed by atoms with E-state index in [1.807, 2.05) is 0 Å². The van der Waals surface area contributed by atoms with E-state index in [2.05, 4.69) is 0 Å². The van der Waals surface area contributed by atoms with Crippen molar-refractivity contribution >= 4 is 23.3 Å². The van der Waals surface area contributed by atoms with Gasteiger partial charge in [0.05, 0.1) is 16.8 Å². The number of rotatable bonds is 4. The van der Waals surface area contributed by atoms with E-state index in [9.17, 15) is 28.1 Å². The van der Waals surface area contributed by atoms with Crippen molar-refractivity contribution in [2.45, 2.75) is 12.7 Å². The third-order valence-electron chi connectivity index (χ3n) is 3.77. The van der Waals surface area contributed by atoms with E-state index >= 15 is 0 Å². The molecule has 2 atom stereocenters. The molecule has 1 aromatic carbocycles. The molecule has 0 saturated carbocycles. The Kier molecular flexibility index (Phi) is 4.81. The zero-order valence-corrected chi connectivity index (χ0v) is 12.3. The maximum atomic E-state index is 12.9. The van der Waals surface area contributed by atoms with Crippen LogP contribution in [0.3, 0.4) is 0 Å². The Hall–Kier alpha value is -1.87. The number of carboxylic acid groups (broad SMARTS) is 1. The van der Waals surface area contributed by atoms with E-state index < -0.39 is 35.4 Å². The number of likely N-dealkylation sites (tertiary alicyclic amines) is 1. The summed E-state index contributed by atoms with van der Waals surface area (Å²) in [7, 11) is 0. The standard InChI is InChI=1S/C13H12ClF3N2O4/c14-11-2-1-8(19(22)23)3-7(11)4-18-5-9(12(20)21)10(6-18)13(15,16)17/h1-3,9-10H,4-6H2,(H,20,21)/t9-,10-/m1/s1. The first-order chi connectivity index (χ1) is 10.6. The van der Waals surface area contributed by atoms with Gasteiger partial charge >= 0.3 is 12.1 Å². The van der Waals surface area contributed by atoms with Crippen molar-refractivity contribution in [1.29, 1.82) is 0 Å². The molecular formula is C13H12ClF3N2O4. The van der Waals surface area contributed by atoms with Gasteiger partial charge in [0, 0.05) is 36.8 Å². The quantitative estimate of drug-likeness (QED) is 0.665. The number of hydrogen-bond acceptors (Lipinski definition) is 4. The van der Waals surface area contributed by atoms with Crippen LogP contribution in [0.4, 0.5) is 18.9 Å². The van der Waals surface area contributed by atoms with Crippen LogP contribution in [0.1, 0.15) is 5.56 Å². The van der Waals surface area contributed by atoms with E-state index in [1.54, 1.807) is 0 Å². The third kappa shape index (κ3) is 3.91. The van der Waals surface area contributed by atoms with Crippen LogP contribution in [-0.4, -0.2) is 40.2 Å². The molecule has 1 heterocycles. The van der Waals surface area contributed by atoms with Crippen molar-refractivity contribution in [3.05, 3.63) is 38.9 Å². The van der Waals surface area contributed by atoms with Gasteiger partial charge in [-0.3, -0.25) is 19.8 Å². The predicted molar refractivity (Wildman–Crippen MR) is 74.1 cm³/mol. The molecule has 10 heteroatoms. The van der Waals surface area contributed by atoms with E-state index in [-0.39, 0.29) is 29.4 Å². The maximum Gasteiger partial charge on any atom is 0.393 e. The molecule has 6 nitrogen and oxygen atoms in total. The van der Waals surface area contributed by atoms with Crippen LogP contribution in [0.2, 0.25) is 5.02 Å². The van der Waals surface area contributed by atoms with Gasteiger partial charge in [0.15, 0.2) is 0 Å².